The third-order valence-electron chi connectivity index (χ3n) is 19.6. The Balaban J connectivity index is 0. The van der Waals surface area contributed by atoms with Crippen LogP contribution in [0.5, 0.6) is 11.5 Å². The number of sulfonamides is 1. The molecule has 528 valence electrons. The van der Waals surface area contributed by atoms with Gasteiger partial charge in [-0.05, 0) is 236 Å². The molecule has 3 amide bonds. The highest BCUT2D eigenvalue weighted by Crippen LogP contribution is 2.51. The highest BCUT2D eigenvalue weighted by molar-refractivity contribution is 7.89. The van der Waals surface area contributed by atoms with Gasteiger partial charge >= 0.3 is 0 Å². The van der Waals surface area contributed by atoms with Gasteiger partial charge in [0.1, 0.15) is 42.0 Å². The van der Waals surface area contributed by atoms with Crippen LogP contribution in [0.1, 0.15) is 312 Å². The van der Waals surface area contributed by atoms with Crippen LogP contribution in [-0.2, 0) is 29.2 Å². The second-order valence-electron chi connectivity index (χ2n) is 26.3. The van der Waals surface area contributed by atoms with E-state index in [2.05, 4.69) is 37.7 Å². The summed E-state index contributed by atoms with van der Waals surface area (Å²) in [6.45, 7) is 24.2. The summed E-state index contributed by atoms with van der Waals surface area (Å²) in [7, 11) is -3.74. The van der Waals surface area contributed by atoms with Crippen LogP contribution in [-0.4, -0.2) is 64.0 Å². The van der Waals surface area contributed by atoms with Crippen molar-refractivity contribution in [2.45, 2.75) is 287 Å². The van der Waals surface area contributed by atoms with Gasteiger partial charge in [0.25, 0.3) is 11.8 Å². The predicted octanol–water partition coefficient (Wildman–Crippen LogP) is 21.3. The summed E-state index contributed by atoms with van der Waals surface area (Å²) in [5.74, 6) is 0.348. The fourth-order valence-corrected chi connectivity index (χ4v) is 15.4. The van der Waals surface area contributed by atoms with Gasteiger partial charge in [0.2, 0.25) is 16.4 Å². The van der Waals surface area contributed by atoms with Crippen molar-refractivity contribution >= 4 is 52.7 Å². The molecule has 0 heterocycles. The summed E-state index contributed by atoms with van der Waals surface area (Å²) in [6, 6.07) is 15.4. The molecule has 10 rings (SSSR count). The van der Waals surface area contributed by atoms with Gasteiger partial charge in [-0.25, -0.2) is 21.9 Å². The van der Waals surface area contributed by atoms with Crippen molar-refractivity contribution in [3.05, 3.63) is 100 Å². The van der Waals surface area contributed by atoms with E-state index in [9.17, 15) is 32.0 Å². The minimum atomic E-state index is -3.74. The first-order valence-electron chi connectivity index (χ1n) is 35.7. The second-order valence-corrected chi connectivity index (χ2v) is 28.0. The molecule has 2 N–H and O–H groups in total. The maximum Gasteiger partial charge on any atom is 0.265 e. The molecule has 0 radical (unpaired) electrons. The SMILES string of the molecule is C=O.CC.CC.CC1CC=C(F)C(C2CCC2)=C1c1c(OC2CCCC2)cccc1C(=O)NS(C)(=O)=O.CC=O.CCCC1(CCC)CCCC1.CCCC1(C[C@H](C)C(C)=O)CCCC1.O=CNC(=O)c1cccc(OC2CCCC2)c1-c1cccc(F)c1C1CCC1.[HH].[HH].[HH].[HH]. The number of allylic oxidation sites excluding steroid dienone is 4. The number of aldehydes is 1. The number of nitrogens with one attached hydrogen (secondary N) is 2. The van der Waals surface area contributed by atoms with Gasteiger partial charge in [0.05, 0.1) is 29.6 Å². The molecule has 7 aliphatic carbocycles. The molecule has 0 bridgehead atoms. The van der Waals surface area contributed by atoms with E-state index >= 15 is 4.39 Å². The molecular formula is C78H126F2N2O10S. The van der Waals surface area contributed by atoms with Crippen molar-refractivity contribution < 1.29 is 61.1 Å². The molecule has 0 spiro atoms. The smallest absolute Gasteiger partial charge is 0.265 e. The lowest BCUT2D eigenvalue weighted by atomic mass is 9.71. The maximum absolute atomic E-state index is 15.1. The van der Waals surface area contributed by atoms with Crippen molar-refractivity contribution in [3.63, 3.8) is 0 Å². The van der Waals surface area contributed by atoms with Crippen molar-refractivity contribution in [1.29, 1.82) is 0 Å². The first-order valence-corrected chi connectivity index (χ1v) is 37.6. The van der Waals surface area contributed by atoms with Crippen LogP contribution in [0.3, 0.4) is 0 Å². The van der Waals surface area contributed by atoms with E-state index < -0.39 is 21.8 Å². The number of amides is 3. The maximum atomic E-state index is 15.1. The highest BCUT2D eigenvalue weighted by atomic mass is 32.2. The molecule has 3 aromatic rings. The van der Waals surface area contributed by atoms with Crippen molar-refractivity contribution in [1.82, 2.24) is 10.0 Å². The van der Waals surface area contributed by atoms with Gasteiger partial charge in [-0.15, -0.1) is 0 Å². The van der Waals surface area contributed by atoms with Crippen molar-refractivity contribution in [2.75, 3.05) is 6.26 Å². The van der Waals surface area contributed by atoms with Crippen LogP contribution < -0.4 is 19.5 Å². The molecule has 6 fully saturated rings. The van der Waals surface area contributed by atoms with E-state index in [0.29, 0.717) is 68.9 Å². The van der Waals surface area contributed by atoms with Crippen LogP contribution >= 0.6 is 0 Å². The number of ketones is 1. The Labute approximate surface area is 565 Å². The number of rotatable bonds is 21. The molecule has 3 aromatic carbocycles. The Hall–Kier alpha value is -5.83. The van der Waals surface area contributed by atoms with E-state index in [1.807, 2.05) is 59.6 Å². The second kappa shape index (κ2) is 42.6. The van der Waals surface area contributed by atoms with Crippen LogP contribution in [0, 0.1) is 34.4 Å². The monoisotopic (exact) mass is 1320 g/mol. The van der Waals surface area contributed by atoms with E-state index in [0.717, 1.165) is 120 Å². The van der Waals surface area contributed by atoms with Crippen molar-refractivity contribution in [3.8, 4) is 22.6 Å². The fraction of sp³-hybridized carbons (Fsp3) is 0.641. The number of hydrogen-bond donors (Lipinski definition) is 2. The van der Waals surface area contributed by atoms with Gasteiger partial charge in [0, 0.05) is 22.8 Å². The van der Waals surface area contributed by atoms with E-state index in [1.165, 1.54) is 103 Å². The normalized spacial score (nSPS) is 19.1. The Kier molecular flexibility index (Phi) is 37.3. The third-order valence-corrected chi connectivity index (χ3v) is 20.2. The van der Waals surface area contributed by atoms with Crippen molar-refractivity contribution in [2.24, 2.45) is 28.6 Å². The molecule has 12 nitrogen and oxygen atoms in total. The molecule has 2 atom stereocenters. The molecule has 1 unspecified atom stereocenters. The molecule has 7 aliphatic rings. The number of halogens is 2. The summed E-state index contributed by atoms with van der Waals surface area (Å²) < 4.78 is 68.2. The fourth-order valence-electron chi connectivity index (χ4n) is 15.0. The first-order chi connectivity index (χ1) is 44.8. The van der Waals surface area contributed by atoms with E-state index in [1.54, 1.807) is 43.3 Å². The molecule has 0 aromatic heterocycles. The topological polar surface area (TPSA) is 179 Å². The summed E-state index contributed by atoms with van der Waals surface area (Å²) in [5, 5.41) is 2.22. The van der Waals surface area contributed by atoms with Crippen LogP contribution in [0.15, 0.2) is 72.1 Å². The van der Waals surface area contributed by atoms with Gasteiger partial charge in [-0.2, -0.15) is 0 Å². The van der Waals surface area contributed by atoms with Gasteiger partial charge < -0.3 is 19.1 Å². The Bertz CT molecular complexity index is 2960. The lowest BCUT2D eigenvalue weighted by Gasteiger charge is -2.35. The zero-order valence-electron chi connectivity index (χ0n) is 59.1. The number of Topliss-reactive ketones (excluding diaryl/α,β-unsaturated/α-hetero) is 1. The van der Waals surface area contributed by atoms with Gasteiger partial charge in [0.15, 0.2) is 0 Å². The Morgan fingerprint density at radius 3 is 1.52 bits per heavy atom. The molecular weight excluding hydrogens is 1190 g/mol. The van der Waals surface area contributed by atoms with Gasteiger partial charge in [-0.1, -0.05) is 144 Å². The van der Waals surface area contributed by atoms with Gasteiger partial charge in [-0.3, -0.25) is 24.5 Å². The first kappa shape index (κ1) is 81.4. The minimum Gasteiger partial charge on any atom is -0.490 e. The van der Waals surface area contributed by atoms with Crippen LogP contribution in [0.2, 0.25) is 0 Å². The average Bonchev–Trinajstić information content (AvgIpc) is 1.40. The predicted molar refractivity (Wildman–Crippen MR) is 385 cm³/mol. The lowest BCUT2D eigenvalue weighted by Crippen LogP contribution is -2.31. The zero-order valence-corrected chi connectivity index (χ0v) is 59.9. The summed E-state index contributed by atoms with van der Waals surface area (Å²) >= 11 is 0. The van der Waals surface area contributed by atoms with Crippen LogP contribution in [0.25, 0.3) is 16.7 Å². The Morgan fingerprint density at radius 1 is 0.645 bits per heavy atom. The summed E-state index contributed by atoms with van der Waals surface area (Å²) in [6.07, 6.45) is 39.5. The number of imide groups is 1. The van der Waals surface area contributed by atoms with Crippen LogP contribution in [0.4, 0.5) is 8.78 Å². The summed E-state index contributed by atoms with van der Waals surface area (Å²) in [5.41, 5.74) is 5.79. The number of carbonyl (C=O) groups excluding carboxylic acids is 6. The van der Waals surface area contributed by atoms with E-state index in [4.69, 9.17) is 19.1 Å². The highest BCUT2D eigenvalue weighted by Gasteiger charge is 2.38. The zero-order chi connectivity index (χ0) is 69.2. The average molecular weight is 1320 g/mol. The largest absolute Gasteiger partial charge is 0.490 e. The Morgan fingerprint density at radius 2 is 1.09 bits per heavy atom. The lowest BCUT2D eigenvalue weighted by molar-refractivity contribution is -0.121. The molecule has 0 saturated heterocycles. The molecule has 6 saturated carbocycles. The number of carbonyl (C=O) groups is 6. The van der Waals surface area contributed by atoms with E-state index in [-0.39, 0.29) is 58.8 Å². The quantitative estimate of drug-likeness (QED) is 0.0975. The number of hydrogen-bond acceptors (Lipinski definition) is 10. The third kappa shape index (κ3) is 24.4. The number of ether oxygens (including phenoxy) is 2. The minimum absolute atomic E-state index is 0. The number of benzene rings is 3. The molecule has 15 heteroatoms. The standard InChI is InChI=1S/C24H30FNO4S.C23H24FNO3.C13H24O.C11H22.C2H4O.2C2H6.CH2O.4H2/c1-15-13-14-19(25)22(16-7-5-8-16)21(15)23-18(24(27)26-31(2,28)29)11-6-12-20(23)30-17-9-3-4-10-17;24-19-12-4-10-17(21(19)15-6-3-7-15)22-18(23(27)25-14-26)11-5-13-20(22)28-16-8-1-2-9-16;1-4-7-13(8-5-6-9-13)10-11(2)12(3)14;1-3-7-11(8-4-2)9-5-6-10-11;1-2-3;3*1-2;;;;/h6,11-12,14-17H,3-5,7-10,13H2,1-2H3,(H,26,27);4-5,10-16H,1-3,6-9H2,(H,25,26,27);11H,4-10H2,1-3H3;3-10H2,1-2H3;2H,1H3;2*1-2H3;1H2;4*1H/t;;11-;;;;;;;;;/m..0........./s1. The molecule has 93 heavy (non-hydrogen) atoms. The summed E-state index contributed by atoms with van der Waals surface area (Å²) in [4.78, 5) is 64.5. The molecule has 0 aliphatic heterocycles.